The molecule has 2 aromatic carbocycles. The van der Waals surface area contributed by atoms with Crippen LogP contribution in [0.15, 0.2) is 47.4 Å². The van der Waals surface area contributed by atoms with Crippen LogP contribution in [0.3, 0.4) is 0 Å². The molecule has 1 fully saturated rings. The third kappa shape index (κ3) is 4.37. The average Bonchev–Trinajstić information content (AvgIpc) is 2.98. The van der Waals surface area contributed by atoms with Crippen molar-refractivity contribution in [1.82, 2.24) is 0 Å². The molecule has 3 rings (SSSR count). The predicted octanol–water partition coefficient (Wildman–Crippen LogP) is 2.11. The number of methoxy groups -OCH3 is 1. The van der Waals surface area contributed by atoms with Gasteiger partial charge in [0.2, 0.25) is 17.7 Å². The number of ether oxygens (including phenoxy) is 1. The number of anilines is 3. The Bertz CT molecular complexity index is 1080. The molecule has 0 bridgehead atoms. The van der Waals surface area contributed by atoms with Gasteiger partial charge in [0.05, 0.1) is 23.4 Å². The van der Waals surface area contributed by atoms with E-state index in [1.54, 1.807) is 12.1 Å². The van der Waals surface area contributed by atoms with Crippen molar-refractivity contribution in [1.29, 1.82) is 0 Å². The minimum Gasteiger partial charge on any atom is -0.495 e. The van der Waals surface area contributed by atoms with Crippen molar-refractivity contribution in [3.63, 3.8) is 0 Å². The summed E-state index contributed by atoms with van der Waals surface area (Å²) in [7, 11) is -2.67. The summed E-state index contributed by atoms with van der Waals surface area (Å²) >= 11 is 0. The lowest BCUT2D eigenvalue weighted by Gasteiger charge is -2.18. The quantitative estimate of drug-likeness (QED) is 0.694. The van der Waals surface area contributed by atoms with Crippen LogP contribution in [0.25, 0.3) is 0 Å². The molecule has 0 unspecified atom stereocenters. The van der Waals surface area contributed by atoms with Crippen molar-refractivity contribution in [3.05, 3.63) is 42.5 Å². The number of imide groups is 1. The van der Waals surface area contributed by atoms with Crippen LogP contribution >= 0.6 is 0 Å². The molecular formula is C19H19N3O6S. The second-order valence-electron chi connectivity index (χ2n) is 6.32. The number of nitrogens with zero attached hydrogens (tertiary/aromatic N) is 1. The number of carbonyl (C=O) groups excluding carboxylic acids is 3. The van der Waals surface area contributed by atoms with Gasteiger partial charge in [-0.3, -0.25) is 19.1 Å². The van der Waals surface area contributed by atoms with E-state index in [1.165, 1.54) is 44.4 Å². The van der Waals surface area contributed by atoms with Crippen molar-refractivity contribution in [2.24, 2.45) is 0 Å². The smallest absolute Gasteiger partial charge is 0.261 e. The Labute approximate surface area is 167 Å². The predicted molar refractivity (Wildman–Crippen MR) is 106 cm³/mol. The minimum atomic E-state index is -4.04. The molecule has 9 nitrogen and oxygen atoms in total. The van der Waals surface area contributed by atoms with E-state index < -0.39 is 21.8 Å². The molecule has 1 aliphatic rings. The Morgan fingerprint density at radius 2 is 1.69 bits per heavy atom. The lowest BCUT2D eigenvalue weighted by atomic mass is 10.2. The molecule has 2 aromatic rings. The van der Waals surface area contributed by atoms with Gasteiger partial charge >= 0.3 is 0 Å². The van der Waals surface area contributed by atoms with Crippen LogP contribution in [0.4, 0.5) is 17.1 Å². The van der Waals surface area contributed by atoms with E-state index in [0.29, 0.717) is 5.69 Å². The first-order valence-corrected chi connectivity index (χ1v) is 10.1. The van der Waals surface area contributed by atoms with Gasteiger partial charge < -0.3 is 10.1 Å². The highest BCUT2D eigenvalue weighted by molar-refractivity contribution is 7.92. The maximum atomic E-state index is 12.8. The Balaban J connectivity index is 1.95. The fourth-order valence-electron chi connectivity index (χ4n) is 2.93. The third-order valence-electron chi connectivity index (χ3n) is 4.19. The first-order chi connectivity index (χ1) is 13.7. The highest BCUT2D eigenvalue weighted by Gasteiger charge is 2.33. The van der Waals surface area contributed by atoms with Gasteiger partial charge in [-0.1, -0.05) is 6.07 Å². The Morgan fingerprint density at radius 3 is 2.31 bits per heavy atom. The van der Waals surface area contributed by atoms with Crippen LogP contribution in [0.5, 0.6) is 5.75 Å². The number of sulfonamides is 1. The Hall–Kier alpha value is -3.40. The Morgan fingerprint density at radius 1 is 1.03 bits per heavy atom. The van der Waals surface area contributed by atoms with Crippen LogP contribution < -0.4 is 19.7 Å². The van der Waals surface area contributed by atoms with Crippen LogP contribution in [-0.2, 0) is 24.4 Å². The molecule has 152 valence electrons. The van der Waals surface area contributed by atoms with Crippen molar-refractivity contribution >= 4 is 44.8 Å². The summed E-state index contributed by atoms with van der Waals surface area (Å²) in [5.41, 5.74) is 0.748. The van der Waals surface area contributed by atoms with Crippen LogP contribution in [0.1, 0.15) is 19.8 Å². The molecule has 0 saturated carbocycles. The summed E-state index contributed by atoms with van der Waals surface area (Å²) < 4.78 is 33.3. The summed E-state index contributed by atoms with van der Waals surface area (Å²) in [5, 5.41) is 2.57. The number of nitrogens with one attached hydrogen (secondary N) is 2. The van der Waals surface area contributed by atoms with Crippen LogP contribution in [0, 0.1) is 0 Å². The first-order valence-electron chi connectivity index (χ1n) is 8.65. The van der Waals surface area contributed by atoms with Gasteiger partial charge in [-0.05, 0) is 36.4 Å². The topological polar surface area (TPSA) is 122 Å². The van der Waals surface area contributed by atoms with Gasteiger partial charge in [0.15, 0.2) is 0 Å². The molecule has 10 heteroatoms. The van der Waals surface area contributed by atoms with Crippen molar-refractivity contribution in [3.8, 4) is 5.75 Å². The van der Waals surface area contributed by atoms with Gasteiger partial charge in [-0.2, -0.15) is 0 Å². The van der Waals surface area contributed by atoms with Gasteiger partial charge in [0, 0.05) is 25.5 Å². The van der Waals surface area contributed by atoms with Crippen molar-refractivity contribution < 1.29 is 27.5 Å². The van der Waals surface area contributed by atoms with Gasteiger partial charge in [-0.15, -0.1) is 0 Å². The summed E-state index contributed by atoms with van der Waals surface area (Å²) in [6, 6.07) is 10.1. The molecule has 0 atom stereocenters. The number of carbonyl (C=O) groups is 3. The van der Waals surface area contributed by atoms with E-state index >= 15 is 0 Å². The summed E-state index contributed by atoms with van der Waals surface area (Å²) in [6.45, 7) is 1.34. The highest BCUT2D eigenvalue weighted by Crippen LogP contribution is 2.34. The zero-order valence-corrected chi connectivity index (χ0v) is 16.6. The molecule has 1 heterocycles. The van der Waals surface area contributed by atoms with E-state index in [2.05, 4.69) is 10.0 Å². The normalized spacial score (nSPS) is 14.1. The molecule has 29 heavy (non-hydrogen) atoms. The fraction of sp³-hybridized carbons (Fsp3) is 0.211. The SMILES string of the molecule is COc1ccc(S(=O)(=O)Nc2cccc(NC(C)=O)c2)cc1N1C(=O)CCC1=O. The molecule has 0 aromatic heterocycles. The summed E-state index contributed by atoms with van der Waals surface area (Å²) in [5.74, 6) is -0.914. The molecule has 1 aliphatic heterocycles. The third-order valence-corrected chi connectivity index (χ3v) is 5.57. The second kappa shape index (κ2) is 7.92. The monoisotopic (exact) mass is 417 g/mol. The van der Waals surface area contributed by atoms with Crippen LogP contribution in [0.2, 0.25) is 0 Å². The second-order valence-corrected chi connectivity index (χ2v) is 8.01. The summed E-state index contributed by atoms with van der Waals surface area (Å²) in [4.78, 5) is 36.1. The van der Waals surface area contributed by atoms with E-state index in [9.17, 15) is 22.8 Å². The number of benzene rings is 2. The van der Waals surface area contributed by atoms with E-state index in [4.69, 9.17) is 4.74 Å². The fourth-order valence-corrected chi connectivity index (χ4v) is 4.00. The largest absolute Gasteiger partial charge is 0.495 e. The maximum absolute atomic E-state index is 12.8. The average molecular weight is 417 g/mol. The van der Waals surface area contributed by atoms with Crippen LogP contribution in [-0.4, -0.2) is 33.2 Å². The van der Waals surface area contributed by atoms with Gasteiger partial charge in [-0.25, -0.2) is 13.3 Å². The zero-order valence-electron chi connectivity index (χ0n) is 15.8. The maximum Gasteiger partial charge on any atom is 0.261 e. The Kier molecular flexibility index (Phi) is 5.55. The molecular weight excluding hydrogens is 398 g/mol. The molecule has 2 N–H and O–H groups in total. The van der Waals surface area contributed by atoms with Gasteiger partial charge in [0.1, 0.15) is 5.75 Å². The summed E-state index contributed by atoms with van der Waals surface area (Å²) in [6.07, 6.45) is 0.125. The van der Waals surface area contributed by atoms with Gasteiger partial charge in [0.25, 0.3) is 10.0 Å². The van der Waals surface area contributed by atoms with Crippen molar-refractivity contribution in [2.45, 2.75) is 24.7 Å². The number of hydrogen-bond acceptors (Lipinski definition) is 6. The number of amides is 3. The molecule has 1 saturated heterocycles. The number of rotatable bonds is 6. The molecule has 3 amide bonds. The molecule has 0 aliphatic carbocycles. The van der Waals surface area contributed by atoms with E-state index in [-0.39, 0.29) is 40.8 Å². The highest BCUT2D eigenvalue weighted by atomic mass is 32.2. The standard InChI is InChI=1S/C19H19N3O6S/c1-12(23)20-13-4-3-5-14(10-13)21-29(26,27)15-6-7-17(28-2)16(11-15)22-18(24)8-9-19(22)25/h3-7,10-11,21H,8-9H2,1-2H3,(H,20,23). The first kappa shape index (κ1) is 20.3. The lowest BCUT2D eigenvalue weighted by Crippen LogP contribution is -2.29. The van der Waals surface area contributed by atoms with E-state index in [0.717, 1.165) is 4.90 Å². The molecule has 0 spiro atoms. The minimum absolute atomic E-state index is 0.0627. The number of hydrogen-bond donors (Lipinski definition) is 2. The molecule has 0 radical (unpaired) electrons. The zero-order chi connectivity index (χ0) is 21.2. The lowest BCUT2D eigenvalue weighted by molar-refractivity contribution is -0.121. The van der Waals surface area contributed by atoms with E-state index in [1.807, 2.05) is 0 Å². The van der Waals surface area contributed by atoms with Crippen molar-refractivity contribution in [2.75, 3.05) is 22.0 Å².